The minimum absolute atomic E-state index is 0.0861. The lowest BCUT2D eigenvalue weighted by molar-refractivity contribution is 0.0954. The van der Waals surface area contributed by atoms with Gasteiger partial charge in [-0.2, -0.15) is 5.10 Å². The second-order valence-electron chi connectivity index (χ2n) is 7.66. The van der Waals surface area contributed by atoms with Gasteiger partial charge >= 0.3 is 0 Å². The second-order valence-corrected chi connectivity index (χ2v) is 8.82. The number of rotatable bonds is 3. The number of hydrogen-bond donors (Lipinski definition) is 2. The number of nitrogens with zero attached hydrogens (tertiary/aromatic N) is 2. The Kier molecular flexibility index (Phi) is 5.46. The fraction of sp³-hybridized carbons (Fsp3) is 0.333. The Morgan fingerprint density at radius 2 is 2.07 bits per heavy atom. The molecule has 27 heavy (non-hydrogen) atoms. The molecule has 0 saturated heterocycles. The van der Waals surface area contributed by atoms with Gasteiger partial charge in [0.25, 0.3) is 5.91 Å². The first-order valence-electron chi connectivity index (χ1n) is 8.89. The largest absolute Gasteiger partial charge is 0.507 e. The fourth-order valence-corrected chi connectivity index (χ4v) is 3.90. The zero-order chi connectivity index (χ0) is 19.8. The number of anilines is 1. The zero-order valence-electron chi connectivity index (χ0n) is 16.0. The Morgan fingerprint density at radius 3 is 2.78 bits per heavy atom. The molecule has 1 aliphatic heterocycles. The summed E-state index contributed by atoms with van der Waals surface area (Å²) in [5.74, 6) is 0.192. The highest BCUT2D eigenvalue weighted by atomic mass is 127. The van der Waals surface area contributed by atoms with Crippen molar-refractivity contribution in [3.05, 3.63) is 56.7 Å². The minimum atomic E-state index is -0.356. The van der Waals surface area contributed by atoms with E-state index >= 15 is 0 Å². The third kappa shape index (κ3) is 4.10. The van der Waals surface area contributed by atoms with Crippen LogP contribution in [0.3, 0.4) is 0 Å². The Hall–Kier alpha value is -2.09. The van der Waals surface area contributed by atoms with Crippen LogP contribution in [0.25, 0.3) is 0 Å². The molecule has 2 aromatic carbocycles. The smallest absolute Gasteiger partial charge is 0.271 e. The Morgan fingerprint density at radius 1 is 1.33 bits per heavy atom. The molecule has 0 radical (unpaired) electrons. The van der Waals surface area contributed by atoms with Crippen LogP contribution in [-0.2, 0) is 0 Å². The van der Waals surface area contributed by atoms with E-state index in [9.17, 15) is 9.90 Å². The summed E-state index contributed by atoms with van der Waals surface area (Å²) in [5, 5.41) is 13.8. The number of phenolic OH excluding ortho intramolecular Hbond substituents is 1. The molecule has 6 heteroatoms. The van der Waals surface area contributed by atoms with Crippen LogP contribution >= 0.6 is 22.6 Å². The molecular formula is C21H24IN3O2. The van der Waals surface area contributed by atoms with Crippen LogP contribution in [0.15, 0.2) is 41.5 Å². The van der Waals surface area contributed by atoms with Gasteiger partial charge in [0.05, 0.1) is 9.78 Å². The minimum Gasteiger partial charge on any atom is -0.507 e. The molecule has 5 nitrogen and oxygen atoms in total. The first-order valence-corrected chi connectivity index (χ1v) is 9.96. The molecule has 1 amide bonds. The summed E-state index contributed by atoms with van der Waals surface area (Å²) in [6.07, 6.45) is 2.74. The molecule has 0 spiro atoms. The van der Waals surface area contributed by atoms with Gasteiger partial charge in [-0.15, -0.1) is 0 Å². The summed E-state index contributed by atoms with van der Waals surface area (Å²) in [7, 11) is 2.13. The predicted molar refractivity (Wildman–Crippen MR) is 118 cm³/mol. The molecule has 0 bridgehead atoms. The molecule has 0 aromatic heterocycles. The maximum Gasteiger partial charge on any atom is 0.271 e. The maximum atomic E-state index is 12.2. The van der Waals surface area contributed by atoms with Crippen LogP contribution in [-0.4, -0.2) is 29.8 Å². The zero-order valence-corrected chi connectivity index (χ0v) is 18.1. The maximum absolute atomic E-state index is 12.2. The van der Waals surface area contributed by atoms with E-state index < -0.39 is 0 Å². The lowest BCUT2D eigenvalue weighted by atomic mass is 9.80. The van der Waals surface area contributed by atoms with Crippen LogP contribution in [0.5, 0.6) is 5.75 Å². The second kappa shape index (κ2) is 7.50. The van der Waals surface area contributed by atoms with Crippen molar-refractivity contribution in [2.75, 3.05) is 11.9 Å². The summed E-state index contributed by atoms with van der Waals surface area (Å²) in [6.45, 7) is 6.78. The molecule has 2 N–H and O–H groups in total. The van der Waals surface area contributed by atoms with E-state index in [0.29, 0.717) is 15.1 Å². The van der Waals surface area contributed by atoms with Gasteiger partial charge < -0.3 is 10.0 Å². The molecule has 0 saturated carbocycles. The summed E-state index contributed by atoms with van der Waals surface area (Å²) in [4.78, 5) is 14.5. The Labute approximate surface area is 173 Å². The lowest BCUT2D eigenvalue weighted by Gasteiger charge is -2.45. The number of fused-ring (bicyclic) bond motifs is 1. The van der Waals surface area contributed by atoms with Crippen molar-refractivity contribution >= 4 is 40.4 Å². The summed E-state index contributed by atoms with van der Waals surface area (Å²) in [6, 6.07) is 11.0. The number of carbonyl (C=O) groups excluding carboxylic acids is 1. The molecule has 1 unspecified atom stereocenters. The van der Waals surface area contributed by atoms with E-state index in [4.69, 9.17) is 0 Å². The number of halogens is 1. The van der Waals surface area contributed by atoms with Crippen LogP contribution in [0.4, 0.5) is 5.69 Å². The molecule has 0 fully saturated rings. The SMILES string of the molecule is CC1CC(C)(C)N(C)c2ccc(/C=N\NC(=O)c3ccc(I)c(O)c3)cc21. The van der Waals surface area contributed by atoms with Crippen molar-refractivity contribution in [3.63, 3.8) is 0 Å². The average Bonchev–Trinajstić information content (AvgIpc) is 2.61. The van der Waals surface area contributed by atoms with Crippen molar-refractivity contribution in [1.82, 2.24) is 5.43 Å². The molecular weight excluding hydrogens is 453 g/mol. The number of hydrazone groups is 1. The quantitative estimate of drug-likeness (QED) is 0.389. The fourth-order valence-electron chi connectivity index (χ4n) is 3.56. The molecule has 1 atom stereocenters. The third-order valence-electron chi connectivity index (χ3n) is 5.25. The van der Waals surface area contributed by atoms with Gasteiger partial charge in [0.2, 0.25) is 0 Å². The summed E-state index contributed by atoms with van der Waals surface area (Å²) in [5.41, 5.74) is 6.51. The van der Waals surface area contributed by atoms with Gasteiger partial charge in [-0.3, -0.25) is 4.79 Å². The predicted octanol–water partition coefficient (Wildman–Crippen LogP) is 4.48. The van der Waals surface area contributed by atoms with E-state index in [1.54, 1.807) is 18.3 Å². The lowest BCUT2D eigenvalue weighted by Crippen LogP contribution is -2.45. The van der Waals surface area contributed by atoms with E-state index in [2.05, 4.69) is 55.4 Å². The van der Waals surface area contributed by atoms with E-state index in [1.807, 2.05) is 28.7 Å². The number of benzene rings is 2. The molecule has 2 aromatic rings. The summed E-state index contributed by atoms with van der Waals surface area (Å²) >= 11 is 2.01. The van der Waals surface area contributed by atoms with Crippen molar-refractivity contribution in [1.29, 1.82) is 0 Å². The van der Waals surface area contributed by atoms with Crippen LogP contribution in [0, 0.1) is 3.57 Å². The van der Waals surface area contributed by atoms with Gasteiger partial charge in [-0.1, -0.05) is 13.0 Å². The molecule has 1 aliphatic rings. The standard InChI is InChI=1S/C21H24IN3O2/c1-13-11-21(2,3)25(4)18-8-5-14(9-16(13)18)12-23-24-20(27)15-6-7-17(22)19(26)10-15/h5-10,12-13,26H,11H2,1-4H3,(H,24,27)/b23-12-. The van der Waals surface area contributed by atoms with E-state index in [-0.39, 0.29) is 17.2 Å². The first-order chi connectivity index (χ1) is 12.7. The molecule has 142 valence electrons. The number of amides is 1. The Balaban J connectivity index is 1.74. The molecule has 0 aliphatic carbocycles. The van der Waals surface area contributed by atoms with Crippen LogP contribution in [0.1, 0.15) is 54.6 Å². The number of hydrogen-bond acceptors (Lipinski definition) is 4. The number of carbonyl (C=O) groups is 1. The van der Waals surface area contributed by atoms with Crippen molar-refractivity contribution in [2.45, 2.75) is 38.6 Å². The van der Waals surface area contributed by atoms with Gasteiger partial charge in [0, 0.05) is 23.8 Å². The Bertz CT molecular complexity index is 908. The van der Waals surface area contributed by atoms with Gasteiger partial charge in [-0.05, 0) is 90.2 Å². The van der Waals surface area contributed by atoms with E-state index in [0.717, 1.165) is 12.0 Å². The highest BCUT2D eigenvalue weighted by Crippen LogP contribution is 2.42. The van der Waals surface area contributed by atoms with Gasteiger partial charge in [0.15, 0.2) is 0 Å². The molecule has 3 rings (SSSR count). The van der Waals surface area contributed by atoms with E-state index in [1.165, 1.54) is 17.3 Å². The van der Waals surface area contributed by atoms with Crippen LogP contribution < -0.4 is 10.3 Å². The van der Waals surface area contributed by atoms with Crippen LogP contribution in [0.2, 0.25) is 0 Å². The first kappa shape index (κ1) is 19.7. The summed E-state index contributed by atoms with van der Waals surface area (Å²) < 4.78 is 0.698. The highest BCUT2D eigenvalue weighted by molar-refractivity contribution is 14.1. The average molecular weight is 477 g/mol. The van der Waals surface area contributed by atoms with Crippen molar-refractivity contribution in [2.24, 2.45) is 5.10 Å². The number of nitrogens with one attached hydrogen (secondary N) is 1. The van der Waals surface area contributed by atoms with Crippen molar-refractivity contribution in [3.8, 4) is 5.75 Å². The monoisotopic (exact) mass is 477 g/mol. The normalized spacial score (nSPS) is 18.4. The van der Waals surface area contributed by atoms with Crippen molar-refractivity contribution < 1.29 is 9.90 Å². The van der Waals surface area contributed by atoms with Gasteiger partial charge in [0.1, 0.15) is 5.75 Å². The number of aromatic hydroxyl groups is 1. The third-order valence-corrected chi connectivity index (χ3v) is 6.16. The number of phenols is 1. The highest BCUT2D eigenvalue weighted by Gasteiger charge is 2.33. The van der Waals surface area contributed by atoms with Gasteiger partial charge in [-0.25, -0.2) is 5.43 Å². The molecule has 1 heterocycles. The topological polar surface area (TPSA) is 64.9 Å².